The van der Waals surface area contributed by atoms with Crippen LogP contribution in [-0.4, -0.2) is 37.2 Å². The molecule has 6 nitrogen and oxygen atoms in total. The van der Waals surface area contributed by atoms with Gasteiger partial charge in [-0.3, -0.25) is 14.4 Å². The Hall–Kier alpha value is -2.37. The summed E-state index contributed by atoms with van der Waals surface area (Å²) < 4.78 is 16.9. The van der Waals surface area contributed by atoms with Gasteiger partial charge in [0.1, 0.15) is 13.2 Å². The minimum atomic E-state index is -0.782. The van der Waals surface area contributed by atoms with Crippen LogP contribution in [0.25, 0.3) is 0 Å². The Balaban J connectivity index is 4.37. The number of allylic oxidation sites excluding steroid dienone is 6. The van der Waals surface area contributed by atoms with Crippen molar-refractivity contribution in [2.45, 2.75) is 322 Å². The number of esters is 3. The first kappa shape index (κ1) is 64.6. The molecule has 0 radical (unpaired) electrons. The summed E-state index contributed by atoms with van der Waals surface area (Å²) in [6, 6.07) is 0. The molecule has 0 aliphatic heterocycles. The smallest absolute Gasteiger partial charge is 0.306 e. The molecule has 1 unspecified atom stereocenters. The van der Waals surface area contributed by atoms with Crippen molar-refractivity contribution >= 4 is 17.9 Å². The highest BCUT2D eigenvalue weighted by Crippen LogP contribution is 2.16. The van der Waals surface area contributed by atoms with Crippen LogP contribution < -0.4 is 0 Å². The Bertz CT molecular complexity index is 1130. The van der Waals surface area contributed by atoms with Gasteiger partial charge in [0, 0.05) is 19.3 Å². The van der Waals surface area contributed by atoms with Gasteiger partial charge in [-0.05, 0) is 96.3 Å². The van der Waals surface area contributed by atoms with E-state index in [1.54, 1.807) is 0 Å². The molecule has 0 fully saturated rings. The molecule has 6 heteroatoms. The lowest BCUT2D eigenvalue weighted by molar-refractivity contribution is -0.167. The molecule has 0 rings (SSSR count). The predicted octanol–water partition coefficient (Wildman–Crippen LogP) is 19.7. The molecule has 0 saturated heterocycles. The van der Waals surface area contributed by atoms with Gasteiger partial charge in [-0.1, -0.05) is 237 Å². The Morgan fingerprint density at radius 3 is 0.761 bits per heavy atom. The van der Waals surface area contributed by atoms with Crippen LogP contribution in [0.1, 0.15) is 316 Å². The van der Waals surface area contributed by atoms with Crippen molar-refractivity contribution in [1.82, 2.24) is 0 Å². The fourth-order valence-electron chi connectivity index (χ4n) is 8.60. The van der Waals surface area contributed by atoms with Crippen LogP contribution in [0.15, 0.2) is 36.5 Å². The minimum absolute atomic E-state index is 0.0807. The van der Waals surface area contributed by atoms with Crippen molar-refractivity contribution in [2.75, 3.05) is 13.2 Å². The Morgan fingerprint density at radius 1 is 0.284 bits per heavy atom. The molecular formula is C61H112O6. The summed E-state index contributed by atoms with van der Waals surface area (Å²) in [6.45, 7) is 6.65. The van der Waals surface area contributed by atoms with Crippen molar-refractivity contribution in [3.63, 3.8) is 0 Å². The van der Waals surface area contributed by atoms with Crippen LogP contribution >= 0.6 is 0 Å². The third-order valence-corrected chi connectivity index (χ3v) is 13.1. The largest absolute Gasteiger partial charge is 0.462 e. The van der Waals surface area contributed by atoms with Crippen LogP contribution in [-0.2, 0) is 28.6 Å². The number of carbonyl (C=O) groups is 3. The van der Waals surface area contributed by atoms with Gasteiger partial charge < -0.3 is 14.2 Å². The fourth-order valence-corrected chi connectivity index (χ4v) is 8.60. The molecule has 0 aromatic carbocycles. The molecule has 0 N–H and O–H groups in total. The van der Waals surface area contributed by atoms with E-state index in [0.29, 0.717) is 19.3 Å². The molecule has 0 amide bonds. The molecule has 0 spiro atoms. The molecular weight excluding hydrogens is 829 g/mol. The normalized spacial score (nSPS) is 12.2. The molecule has 0 bridgehead atoms. The van der Waals surface area contributed by atoms with E-state index in [4.69, 9.17) is 14.2 Å². The van der Waals surface area contributed by atoms with Crippen molar-refractivity contribution in [1.29, 1.82) is 0 Å². The highest BCUT2D eigenvalue weighted by Gasteiger charge is 2.19. The van der Waals surface area contributed by atoms with E-state index in [1.807, 2.05) is 0 Å². The van der Waals surface area contributed by atoms with E-state index in [2.05, 4.69) is 57.2 Å². The van der Waals surface area contributed by atoms with Gasteiger partial charge in [-0.15, -0.1) is 0 Å². The summed E-state index contributed by atoms with van der Waals surface area (Å²) in [7, 11) is 0. The van der Waals surface area contributed by atoms with E-state index < -0.39 is 6.10 Å². The second-order valence-electron chi connectivity index (χ2n) is 19.9. The van der Waals surface area contributed by atoms with Crippen molar-refractivity contribution in [3.8, 4) is 0 Å². The summed E-state index contributed by atoms with van der Waals surface area (Å²) >= 11 is 0. The van der Waals surface area contributed by atoms with Gasteiger partial charge >= 0.3 is 17.9 Å². The van der Waals surface area contributed by atoms with Gasteiger partial charge in [-0.2, -0.15) is 0 Å². The summed E-state index contributed by atoms with van der Waals surface area (Å²) in [4.78, 5) is 38.2. The number of hydrogen-bond donors (Lipinski definition) is 0. The van der Waals surface area contributed by atoms with Crippen LogP contribution in [0, 0.1) is 0 Å². The Kier molecular flexibility index (Phi) is 54.2. The van der Waals surface area contributed by atoms with E-state index >= 15 is 0 Å². The molecule has 0 aliphatic rings. The Labute approximate surface area is 416 Å². The fraction of sp³-hybridized carbons (Fsp3) is 0.852. The van der Waals surface area contributed by atoms with Gasteiger partial charge in [-0.25, -0.2) is 0 Å². The highest BCUT2D eigenvalue weighted by atomic mass is 16.6. The van der Waals surface area contributed by atoms with Gasteiger partial charge in [0.15, 0.2) is 6.10 Å². The van der Waals surface area contributed by atoms with Crippen molar-refractivity contribution in [3.05, 3.63) is 36.5 Å². The highest BCUT2D eigenvalue weighted by molar-refractivity contribution is 5.71. The standard InChI is InChI=1S/C61H112O6/c1-4-7-10-13-16-19-22-25-28-30-32-33-36-39-42-45-48-51-54-60(63)66-57-58(56-65-59(62)53-50-47-44-41-38-35-27-24-21-18-15-12-9-6-3)67-61(64)55-52-49-46-43-40-37-34-31-29-26-23-20-17-14-11-8-5-2/h26,29,32-33,35,38,58H,4-25,27-28,30-31,34,36-37,39-57H2,1-3H3/b29-26-,33-32-,38-35-. The second kappa shape index (κ2) is 56.2. The number of rotatable bonds is 54. The molecule has 0 heterocycles. The topological polar surface area (TPSA) is 78.9 Å². The quantitative estimate of drug-likeness (QED) is 0.0262. The molecule has 0 saturated carbocycles. The van der Waals surface area contributed by atoms with E-state index in [-0.39, 0.29) is 31.1 Å². The monoisotopic (exact) mass is 941 g/mol. The zero-order chi connectivity index (χ0) is 48.6. The third-order valence-electron chi connectivity index (χ3n) is 13.1. The maximum absolute atomic E-state index is 12.9. The first-order valence-corrected chi connectivity index (χ1v) is 29.5. The number of ether oxygens (including phenoxy) is 3. The Morgan fingerprint density at radius 2 is 0.493 bits per heavy atom. The zero-order valence-corrected chi connectivity index (χ0v) is 44.9. The van der Waals surface area contributed by atoms with Gasteiger partial charge in [0.05, 0.1) is 0 Å². The average Bonchev–Trinajstić information content (AvgIpc) is 3.33. The van der Waals surface area contributed by atoms with E-state index in [9.17, 15) is 14.4 Å². The molecule has 67 heavy (non-hydrogen) atoms. The SMILES string of the molecule is CCCCCCCC/C=C\CCCCCCCCCC(=O)OC(COC(=O)CCCCC/C=C\CCCCCCCCC)COC(=O)CCCCCCC/C=C\CCCCCCCCCCC. The molecule has 0 aromatic rings. The minimum Gasteiger partial charge on any atom is -0.462 e. The van der Waals surface area contributed by atoms with Crippen LogP contribution in [0.2, 0.25) is 0 Å². The summed E-state index contributed by atoms with van der Waals surface area (Å²) in [5.74, 6) is -0.893. The lowest BCUT2D eigenvalue weighted by Crippen LogP contribution is -2.30. The first-order chi connectivity index (χ1) is 33.0. The van der Waals surface area contributed by atoms with Crippen LogP contribution in [0.5, 0.6) is 0 Å². The summed E-state index contributed by atoms with van der Waals surface area (Å²) in [5, 5.41) is 0. The van der Waals surface area contributed by atoms with Crippen LogP contribution in [0.3, 0.4) is 0 Å². The van der Waals surface area contributed by atoms with Gasteiger partial charge in [0.2, 0.25) is 0 Å². The third kappa shape index (κ3) is 54.4. The lowest BCUT2D eigenvalue weighted by atomic mass is 10.1. The van der Waals surface area contributed by atoms with Crippen molar-refractivity contribution < 1.29 is 28.6 Å². The average molecular weight is 942 g/mol. The number of carbonyl (C=O) groups excluding carboxylic acids is 3. The molecule has 1 atom stereocenters. The number of unbranched alkanes of at least 4 members (excludes halogenated alkanes) is 37. The van der Waals surface area contributed by atoms with Crippen molar-refractivity contribution in [2.24, 2.45) is 0 Å². The maximum Gasteiger partial charge on any atom is 0.306 e. The first-order valence-electron chi connectivity index (χ1n) is 29.5. The van der Waals surface area contributed by atoms with E-state index in [0.717, 1.165) is 77.0 Å². The maximum atomic E-state index is 12.9. The molecule has 392 valence electrons. The predicted molar refractivity (Wildman–Crippen MR) is 289 cm³/mol. The lowest BCUT2D eigenvalue weighted by Gasteiger charge is -2.18. The number of hydrogen-bond acceptors (Lipinski definition) is 6. The van der Waals surface area contributed by atoms with E-state index in [1.165, 1.54) is 199 Å². The molecule has 0 aliphatic carbocycles. The summed E-state index contributed by atoms with van der Waals surface area (Å²) in [5.41, 5.74) is 0. The zero-order valence-electron chi connectivity index (χ0n) is 44.9. The van der Waals surface area contributed by atoms with Crippen LogP contribution in [0.4, 0.5) is 0 Å². The second-order valence-corrected chi connectivity index (χ2v) is 19.9. The molecule has 0 aromatic heterocycles. The van der Waals surface area contributed by atoms with Gasteiger partial charge in [0.25, 0.3) is 0 Å². The summed E-state index contributed by atoms with van der Waals surface area (Å²) in [6.07, 6.45) is 67.1.